The van der Waals surface area contributed by atoms with Crippen molar-refractivity contribution in [2.75, 3.05) is 26.1 Å². The normalized spacial score (nSPS) is 9.87. The fourth-order valence-electron chi connectivity index (χ4n) is 1.17. The lowest BCUT2D eigenvalue weighted by molar-refractivity contribution is 0.0597. The molecule has 0 unspecified atom stereocenters. The quantitative estimate of drug-likeness (QED) is 0.667. The molecule has 1 aromatic rings. The van der Waals surface area contributed by atoms with E-state index in [1.54, 1.807) is 12.1 Å². The van der Waals surface area contributed by atoms with Crippen LogP contribution in [-0.2, 0) is 4.74 Å². The number of phenols is 1. The summed E-state index contributed by atoms with van der Waals surface area (Å²) in [5.74, 6) is -0.565. The van der Waals surface area contributed by atoms with E-state index in [2.05, 4.69) is 4.74 Å². The molecule has 1 aromatic carbocycles. The molecule has 1 rings (SSSR count). The first kappa shape index (κ1) is 12.1. The van der Waals surface area contributed by atoms with Crippen LogP contribution in [0.2, 0.25) is 0 Å². The molecule has 4 nitrogen and oxygen atoms in total. The molecule has 0 fully saturated rings. The molecule has 15 heavy (non-hydrogen) atoms. The Morgan fingerprint density at radius 3 is 2.53 bits per heavy atom. The molecular formula is C10H12INO3. The van der Waals surface area contributed by atoms with Gasteiger partial charge in [-0.2, -0.15) is 0 Å². The molecule has 0 spiro atoms. The molecule has 0 aliphatic carbocycles. The number of aromatic hydroxyl groups is 1. The summed E-state index contributed by atoms with van der Waals surface area (Å²) in [6.07, 6.45) is 0. The number of hydrogen-bond acceptors (Lipinski definition) is 4. The number of nitrogens with zero attached hydrogens (tertiary/aromatic N) is 1. The fourth-order valence-corrected chi connectivity index (χ4v) is 2.13. The van der Waals surface area contributed by atoms with E-state index in [1.807, 2.05) is 41.6 Å². The van der Waals surface area contributed by atoms with E-state index in [-0.39, 0.29) is 11.3 Å². The largest absolute Gasteiger partial charge is 0.506 e. The lowest BCUT2D eigenvalue weighted by Crippen LogP contribution is -2.11. The third-order valence-electron chi connectivity index (χ3n) is 1.98. The second kappa shape index (κ2) is 4.69. The van der Waals surface area contributed by atoms with Crippen LogP contribution in [0.3, 0.4) is 0 Å². The second-order valence-corrected chi connectivity index (χ2v) is 4.26. The monoisotopic (exact) mass is 321 g/mol. The lowest BCUT2D eigenvalue weighted by atomic mass is 10.2. The maximum atomic E-state index is 11.3. The van der Waals surface area contributed by atoms with Gasteiger partial charge in [-0.05, 0) is 34.7 Å². The van der Waals surface area contributed by atoms with Gasteiger partial charge >= 0.3 is 5.97 Å². The van der Waals surface area contributed by atoms with E-state index in [4.69, 9.17) is 0 Å². The first-order valence-corrected chi connectivity index (χ1v) is 5.34. The van der Waals surface area contributed by atoms with Crippen LogP contribution in [0.4, 0.5) is 5.69 Å². The highest BCUT2D eigenvalue weighted by atomic mass is 127. The Bertz CT molecular complexity index is 390. The minimum absolute atomic E-state index is 0.0337. The number of carbonyl (C=O) groups is 1. The van der Waals surface area contributed by atoms with Gasteiger partial charge in [0.25, 0.3) is 0 Å². The number of benzene rings is 1. The van der Waals surface area contributed by atoms with Crippen LogP contribution in [-0.4, -0.2) is 32.3 Å². The number of esters is 1. The van der Waals surface area contributed by atoms with Gasteiger partial charge in [-0.25, -0.2) is 4.79 Å². The van der Waals surface area contributed by atoms with Gasteiger partial charge in [0.15, 0.2) is 0 Å². The van der Waals surface area contributed by atoms with Gasteiger partial charge < -0.3 is 14.7 Å². The molecule has 0 aromatic heterocycles. The van der Waals surface area contributed by atoms with E-state index < -0.39 is 5.97 Å². The molecule has 0 bridgehead atoms. The first-order valence-electron chi connectivity index (χ1n) is 4.26. The average Bonchev–Trinajstić information content (AvgIpc) is 2.20. The van der Waals surface area contributed by atoms with E-state index in [0.717, 1.165) is 5.69 Å². The number of hydrogen-bond donors (Lipinski definition) is 1. The Morgan fingerprint density at radius 1 is 1.47 bits per heavy atom. The summed E-state index contributed by atoms with van der Waals surface area (Å²) in [6, 6.07) is 3.33. The molecule has 0 amide bonds. The van der Waals surface area contributed by atoms with Gasteiger partial charge in [-0.1, -0.05) is 0 Å². The first-order chi connectivity index (χ1) is 6.99. The highest BCUT2D eigenvalue weighted by Gasteiger charge is 2.17. The van der Waals surface area contributed by atoms with Crippen molar-refractivity contribution >= 4 is 34.2 Å². The standard InChI is InChI=1S/C10H12INO3/c1-12(2)7-5-4-6(10(14)15-3)9(13)8(7)11/h4-5,13H,1-3H3. The van der Waals surface area contributed by atoms with Gasteiger partial charge in [0.05, 0.1) is 16.4 Å². The zero-order chi connectivity index (χ0) is 11.6. The number of ether oxygens (including phenoxy) is 1. The van der Waals surface area contributed by atoms with Gasteiger partial charge in [0.1, 0.15) is 11.3 Å². The van der Waals surface area contributed by atoms with Crippen molar-refractivity contribution in [3.05, 3.63) is 21.3 Å². The Hall–Kier alpha value is -0.980. The molecule has 0 aliphatic rings. The van der Waals surface area contributed by atoms with Crippen molar-refractivity contribution in [1.29, 1.82) is 0 Å². The number of phenolic OH excluding ortho intramolecular Hbond substituents is 1. The summed E-state index contributed by atoms with van der Waals surface area (Å²) in [6.45, 7) is 0. The van der Waals surface area contributed by atoms with E-state index >= 15 is 0 Å². The van der Waals surface area contributed by atoms with E-state index in [0.29, 0.717) is 3.57 Å². The highest BCUT2D eigenvalue weighted by Crippen LogP contribution is 2.32. The van der Waals surface area contributed by atoms with Gasteiger partial charge in [0.2, 0.25) is 0 Å². The lowest BCUT2D eigenvalue weighted by Gasteiger charge is -2.16. The van der Waals surface area contributed by atoms with Crippen molar-refractivity contribution in [2.24, 2.45) is 0 Å². The molecule has 5 heteroatoms. The number of methoxy groups -OCH3 is 1. The summed E-state index contributed by atoms with van der Waals surface area (Å²) < 4.78 is 5.20. The maximum absolute atomic E-state index is 11.3. The topological polar surface area (TPSA) is 49.8 Å². The highest BCUT2D eigenvalue weighted by molar-refractivity contribution is 14.1. The van der Waals surface area contributed by atoms with Crippen molar-refractivity contribution in [1.82, 2.24) is 0 Å². The Labute approximate surface area is 102 Å². The molecule has 82 valence electrons. The SMILES string of the molecule is COC(=O)c1ccc(N(C)C)c(I)c1O. The summed E-state index contributed by atoms with van der Waals surface area (Å²) in [7, 11) is 5.03. The summed E-state index contributed by atoms with van der Waals surface area (Å²) in [4.78, 5) is 13.1. The van der Waals surface area contributed by atoms with Crippen molar-refractivity contribution in [2.45, 2.75) is 0 Å². The average molecular weight is 321 g/mol. The third kappa shape index (κ3) is 2.34. The Balaban J connectivity index is 3.27. The van der Waals surface area contributed by atoms with Crippen molar-refractivity contribution in [3.63, 3.8) is 0 Å². The number of anilines is 1. The third-order valence-corrected chi connectivity index (χ3v) is 3.05. The molecule has 1 N–H and O–H groups in total. The summed E-state index contributed by atoms with van der Waals surface area (Å²) in [5, 5.41) is 9.79. The summed E-state index contributed by atoms with van der Waals surface area (Å²) >= 11 is 2.00. The number of rotatable bonds is 2. The zero-order valence-corrected chi connectivity index (χ0v) is 10.9. The molecule has 0 saturated heterocycles. The van der Waals surface area contributed by atoms with Crippen LogP contribution in [0, 0.1) is 3.57 Å². The van der Waals surface area contributed by atoms with Crippen LogP contribution < -0.4 is 4.90 Å². The second-order valence-electron chi connectivity index (χ2n) is 3.18. The van der Waals surface area contributed by atoms with Crippen molar-refractivity contribution < 1.29 is 14.6 Å². The molecule has 0 aliphatic heterocycles. The van der Waals surface area contributed by atoms with Crippen molar-refractivity contribution in [3.8, 4) is 5.75 Å². The Morgan fingerprint density at radius 2 is 2.07 bits per heavy atom. The smallest absolute Gasteiger partial charge is 0.341 e. The van der Waals surface area contributed by atoms with Crippen LogP contribution in [0.25, 0.3) is 0 Å². The predicted molar refractivity (Wildman–Crippen MR) is 66.5 cm³/mol. The number of carbonyl (C=O) groups excluding carboxylic acids is 1. The maximum Gasteiger partial charge on any atom is 0.341 e. The van der Waals surface area contributed by atoms with Crippen LogP contribution in [0.5, 0.6) is 5.75 Å². The number of halogens is 1. The minimum Gasteiger partial charge on any atom is -0.506 e. The Kier molecular flexibility index (Phi) is 3.78. The van der Waals surface area contributed by atoms with E-state index in [9.17, 15) is 9.90 Å². The molecule has 0 heterocycles. The molecule has 0 radical (unpaired) electrons. The van der Waals surface area contributed by atoms with E-state index in [1.165, 1.54) is 7.11 Å². The van der Waals surface area contributed by atoms with Crippen LogP contribution in [0.1, 0.15) is 10.4 Å². The van der Waals surface area contributed by atoms with Crippen LogP contribution >= 0.6 is 22.6 Å². The summed E-state index contributed by atoms with van der Waals surface area (Å²) in [5.41, 5.74) is 1.05. The minimum atomic E-state index is -0.532. The van der Waals surface area contributed by atoms with Gasteiger partial charge in [-0.3, -0.25) is 0 Å². The predicted octanol–water partition coefficient (Wildman–Crippen LogP) is 1.85. The zero-order valence-electron chi connectivity index (χ0n) is 8.74. The fraction of sp³-hybridized carbons (Fsp3) is 0.300. The van der Waals surface area contributed by atoms with Crippen LogP contribution in [0.15, 0.2) is 12.1 Å². The molecule has 0 atom stereocenters. The van der Waals surface area contributed by atoms with Gasteiger partial charge in [-0.15, -0.1) is 0 Å². The molecule has 0 saturated carbocycles. The van der Waals surface area contributed by atoms with Gasteiger partial charge in [0, 0.05) is 14.1 Å². The molecular weight excluding hydrogens is 309 g/mol.